The minimum atomic E-state index is -0.160. The molecule has 0 saturated heterocycles. The van der Waals surface area contributed by atoms with Gasteiger partial charge in [-0.15, -0.1) is 0 Å². The standard InChI is InChI=1S/C29H43N5O2/c1-9-26-14-13-24(21(4)18-30-7)16-22(5)34(26,8)15-11-12-20(3)29(36)33-27-17-25(19-31-23(27)6)32-28(35)10-2/h12-14,16-19,22,26,30H,9-11,15H2,1-8H3,(H-,32,33,35,36)/p+1/b20-12?,21-18+. The van der Waals surface area contributed by atoms with Gasteiger partial charge in [0.05, 0.1) is 36.9 Å². The number of rotatable bonds is 10. The molecule has 36 heavy (non-hydrogen) atoms. The van der Waals surface area contributed by atoms with Crippen LogP contribution in [0, 0.1) is 6.92 Å². The SMILES string of the molecule is CCC(=O)Nc1cnc(C)c(NC(=O)C(C)=CCC[N+]2(C)C(C)C=C(/C(C)=C/NC)C=CC2CC)c1. The summed E-state index contributed by atoms with van der Waals surface area (Å²) < 4.78 is 0.886. The second-order valence-corrected chi connectivity index (χ2v) is 9.77. The topological polar surface area (TPSA) is 83.1 Å². The fourth-order valence-electron chi connectivity index (χ4n) is 4.53. The predicted molar refractivity (Wildman–Crippen MR) is 150 cm³/mol. The second-order valence-electron chi connectivity index (χ2n) is 9.77. The molecule has 0 aliphatic carbocycles. The first kappa shape index (κ1) is 29.0. The number of hydrogen-bond acceptors (Lipinski definition) is 4. The van der Waals surface area contributed by atoms with E-state index in [1.54, 1.807) is 19.2 Å². The number of carbonyl (C=O) groups is 2. The van der Waals surface area contributed by atoms with Crippen molar-refractivity contribution >= 4 is 23.2 Å². The van der Waals surface area contributed by atoms with Crippen LogP contribution in [-0.2, 0) is 9.59 Å². The van der Waals surface area contributed by atoms with Crippen molar-refractivity contribution in [2.45, 2.75) is 72.9 Å². The Morgan fingerprint density at radius 3 is 2.56 bits per heavy atom. The van der Waals surface area contributed by atoms with Crippen molar-refractivity contribution in [2.24, 2.45) is 0 Å². The number of quaternary nitrogens is 1. The Hall–Kier alpha value is -3.19. The van der Waals surface area contributed by atoms with E-state index in [1.165, 1.54) is 11.1 Å². The van der Waals surface area contributed by atoms with Crippen LogP contribution in [0.15, 0.2) is 59.5 Å². The summed E-state index contributed by atoms with van der Waals surface area (Å²) >= 11 is 0. The number of nitrogens with zero attached hydrogens (tertiary/aromatic N) is 2. The molecule has 1 aliphatic rings. The van der Waals surface area contributed by atoms with Gasteiger partial charge in [0.15, 0.2) is 0 Å². The molecule has 7 heteroatoms. The highest BCUT2D eigenvalue weighted by Crippen LogP contribution is 2.28. The zero-order valence-electron chi connectivity index (χ0n) is 23.2. The lowest BCUT2D eigenvalue weighted by Gasteiger charge is -2.43. The molecule has 0 aromatic carbocycles. The molecule has 0 radical (unpaired) electrons. The Morgan fingerprint density at radius 1 is 1.19 bits per heavy atom. The second kappa shape index (κ2) is 13.2. The average molecular weight is 495 g/mol. The van der Waals surface area contributed by atoms with Crippen molar-refractivity contribution in [3.8, 4) is 0 Å². The molecule has 2 amide bonds. The van der Waals surface area contributed by atoms with Crippen LogP contribution in [-0.4, -0.2) is 54.0 Å². The summed E-state index contributed by atoms with van der Waals surface area (Å²) in [7, 11) is 4.24. The van der Waals surface area contributed by atoms with Crippen LogP contribution >= 0.6 is 0 Å². The lowest BCUT2D eigenvalue weighted by atomic mass is 10.0. The number of aryl methyl sites for hydroxylation is 1. The first-order valence-corrected chi connectivity index (χ1v) is 12.9. The third-order valence-corrected chi connectivity index (χ3v) is 7.20. The van der Waals surface area contributed by atoms with E-state index < -0.39 is 0 Å². The summed E-state index contributed by atoms with van der Waals surface area (Å²) in [6, 6.07) is 2.48. The molecule has 7 nitrogen and oxygen atoms in total. The summed E-state index contributed by atoms with van der Waals surface area (Å²) in [6.07, 6.45) is 14.8. The van der Waals surface area contributed by atoms with Gasteiger partial charge < -0.3 is 20.4 Å². The summed E-state index contributed by atoms with van der Waals surface area (Å²) in [5.74, 6) is -0.254. The number of anilines is 2. The molecule has 0 spiro atoms. The number of pyridine rings is 1. The quantitative estimate of drug-likeness (QED) is 0.307. The van der Waals surface area contributed by atoms with Gasteiger partial charge in [-0.2, -0.15) is 0 Å². The maximum Gasteiger partial charge on any atom is 0.251 e. The highest BCUT2D eigenvalue weighted by atomic mass is 16.2. The third kappa shape index (κ3) is 7.40. The summed E-state index contributed by atoms with van der Waals surface area (Å²) in [5.41, 5.74) is 5.01. The molecular weight excluding hydrogens is 450 g/mol. The molecule has 3 N–H and O–H groups in total. The molecule has 2 heterocycles. The molecule has 0 bridgehead atoms. The number of nitrogens with one attached hydrogen (secondary N) is 3. The van der Waals surface area contributed by atoms with Gasteiger partial charge in [0.1, 0.15) is 12.1 Å². The third-order valence-electron chi connectivity index (χ3n) is 7.20. The molecule has 196 valence electrons. The lowest BCUT2D eigenvalue weighted by Crippen LogP contribution is -2.56. The highest BCUT2D eigenvalue weighted by molar-refractivity contribution is 6.04. The van der Waals surface area contributed by atoms with Crippen molar-refractivity contribution < 1.29 is 14.1 Å². The van der Waals surface area contributed by atoms with E-state index in [0.717, 1.165) is 23.9 Å². The van der Waals surface area contributed by atoms with Crippen LogP contribution in [0.3, 0.4) is 0 Å². The minimum absolute atomic E-state index is 0.0937. The van der Waals surface area contributed by atoms with Gasteiger partial charge in [0, 0.05) is 31.9 Å². The fraction of sp³-hybridized carbons (Fsp3) is 0.483. The van der Waals surface area contributed by atoms with Crippen molar-refractivity contribution in [1.82, 2.24) is 10.3 Å². The Bertz CT molecular complexity index is 1070. The van der Waals surface area contributed by atoms with Crippen molar-refractivity contribution in [1.29, 1.82) is 0 Å². The van der Waals surface area contributed by atoms with E-state index in [-0.39, 0.29) is 11.8 Å². The van der Waals surface area contributed by atoms with Crippen LogP contribution in [0.4, 0.5) is 11.4 Å². The first-order chi connectivity index (χ1) is 17.0. The van der Waals surface area contributed by atoms with Gasteiger partial charge in [-0.25, -0.2) is 0 Å². The minimum Gasteiger partial charge on any atom is -0.394 e. The molecule has 0 saturated carbocycles. The van der Waals surface area contributed by atoms with Gasteiger partial charge >= 0.3 is 0 Å². The molecular formula is C29H44N5O2+. The largest absolute Gasteiger partial charge is 0.394 e. The Morgan fingerprint density at radius 2 is 1.92 bits per heavy atom. The maximum atomic E-state index is 12.9. The van der Waals surface area contributed by atoms with Crippen molar-refractivity contribution in [2.75, 3.05) is 31.3 Å². The van der Waals surface area contributed by atoms with E-state index in [0.29, 0.717) is 41.1 Å². The van der Waals surface area contributed by atoms with Gasteiger partial charge in [-0.05, 0) is 63.3 Å². The molecule has 3 unspecified atom stereocenters. The zero-order chi connectivity index (χ0) is 26.9. The van der Waals surface area contributed by atoms with E-state index >= 15 is 0 Å². The number of likely N-dealkylation sites (N-methyl/N-ethyl adjacent to an activating group) is 1. The normalized spacial score (nSPS) is 22.5. The van der Waals surface area contributed by atoms with E-state index in [1.807, 2.05) is 33.2 Å². The summed E-state index contributed by atoms with van der Waals surface area (Å²) in [4.78, 5) is 28.9. The van der Waals surface area contributed by atoms with E-state index in [9.17, 15) is 9.59 Å². The van der Waals surface area contributed by atoms with Crippen LogP contribution in [0.1, 0.15) is 59.6 Å². The predicted octanol–water partition coefficient (Wildman–Crippen LogP) is 5.25. The van der Waals surface area contributed by atoms with Gasteiger partial charge in [-0.3, -0.25) is 14.6 Å². The monoisotopic (exact) mass is 494 g/mol. The summed E-state index contributed by atoms with van der Waals surface area (Å²) in [6.45, 7) is 13.0. The fourth-order valence-corrected chi connectivity index (χ4v) is 4.53. The number of allylic oxidation sites excluding steroid dienone is 3. The molecule has 1 aliphatic heterocycles. The molecule has 1 aromatic rings. The molecule has 3 atom stereocenters. The number of aromatic nitrogens is 1. The van der Waals surface area contributed by atoms with Gasteiger partial charge in [0.25, 0.3) is 5.91 Å². The Kier molecular flexibility index (Phi) is 10.7. The number of hydrogen-bond donors (Lipinski definition) is 3. The molecule has 0 fully saturated rings. The maximum absolute atomic E-state index is 12.9. The Labute approximate surface area is 217 Å². The van der Waals surface area contributed by atoms with Crippen LogP contribution in [0.25, 0.3) is 0 Å². The van der Waals surface area contributed by atoms with Crippen LogP contribution in [0.5, 0.6) is 0 Å². The number of amides is 2. The first-order valence-electron chi connectivity index (χ1n) is 12.9. The zero-order valence-corrected chi connectivity index (χ0v) is 23.2. The van der Waals surface area contributed by atoms with Crippen LogP contribution < -0.4 is 16.0 Å². The smallest absolute Gasteiger partial charge is 0.251 e. The lowest BCUT2D eigenvalue weighted by molar-refractivity contribution is -0.942. The van der Waals surface area contributed by atoms with Gasteiger partial charge in [-0.1, -0.05) is 26.0 Å². The molecule has 1 aromatic heterocycles. The van der Waals surface area contributed by atoms with Crippen molar-refractivity contribution in [3.63, 3.8) is 0 Å². The Balaban J connectivity index is 2.12. The van der Waals surface area contributed by atoms with Gasteiger partial charge in [0.2, 0.25) is 5.91 Å². The van der Waals surface area contributed by atoms with Crippen molar-refractivity contribution in [3.05, 3.63) is 65.2 Å². The summed E-state index contributed by atoms with van der Waals surface area (Å²) in [5, 5.41) is 8.86. The van der Waals surface area contributed by atoms with Crippen LogP contribution in [0.2, 0.25) is 0 Å². The van der Waals surface area contributed by atoms with E-state index in [4.69, 9.17) is 0 Å². The highest BCUT2D eigenvalue weighted by Gasteiger charge is 2.35. The molecule has 2 rings (SSSR count). The average Bonchev–Trinajstić information content (AvgIpc) is 2.97. The number of carbonyl (C=O) groups excluding carboxylic acids is 2. The van der Waals surface area contributed by atoms with E-state index in [2.05, 4.69) is 67.0 Å².